The molecule has 2 heterocycles. The molecule has 4 rings (SSSR count). The SMILES string of the molecule is CCSC1OC2COC(c3ccccc3)O[C@H]2[C@@H](OCc2ccccc2)C1OC(C)=O. The second kappa shape index (κ2) is 10.6. The molecule has 166 valence electrons. The molecule has 0 radical (unpaired) electrons. The van der Waals surface area contributed by atoms with Gasteiger partial charge in [0.1, 0.15) is 23.7 Å². The maximum Gasteiger partial charge on any atom is 0.303 e. The number of thioether (sulfide) groups is 1. The van der Waals surface area contributed by atoms with Gasteiger partial charge in [0.2, 0.25) is 0 Å². The van der Waals surface area contributed by atoms with Crippen molar-refractivity contribution < 1.29 is 28.5 Å². The van der Waals surface area contributed by atoms with E-state index < -0.39 is 24.6 Å². The van der Waals surface area contributed by atoms with Gasteiger partial charge in [-0.15, -0.1) is 11.8 Å². The largest absolute Gasteiger partial charge is 0.456 e. The Morgan fingerprint density at radius 2 is 1.74 bits per heavy atom. The fraction of sp³-hybridized carbons (Fsp3) is 0.458. The number of carbonyl (C=O) groups excluding carboxylic acids is 1. The summed E-state index contributed by atoms with van der Waals surface area (Å²) in [6, 6.07) is 19.7. The summed E-state index contributed by atoms with van der Waals surface area (Å²) in [7, 11) is 0. The molecule has 0 aliphatic carbocycles. The molecule has 0 aromatic heterocycles. The lowest BCUT2D eigenvalue weighted by molar-refractivity contribution is -0.326. The molecular formula is C24H28O6S. The normalized spacial score (nSPS) is 30.4. The van der Waals surface area contributed by atoms with Crippen LogP contribution in [0.1, 0.15) is 31.3 Å². The Bertz CT molecular complexity index is 832. The lowest BCUT2D eigenvalue weighted by atomic mass is 9.98. The van der Waals surface area contributed by atoms with Crippen LogP contribution in [0.3, 0.4) is 0 Å². The van der Waals surface area contributed by atoms with Crippen LogP contribution in [0.2, 0.25) is 0 Å². The highest BCUT2D eigenvalue weighted by Gasteiger charge is 2.52. The first-order chi connectivity index (χ1) is 15.2. The molecule has 0 amide bonds. The highest BCUT2D eigenvalue weighted by molar-refractivity contribution is 7.99. The van der Waals surface area contributed by atoms with E-state index in [9.17, 15) is 4.79 Å². The monoisotopic (exact) mass is 444 g/mol. The zero-order chi connectivity index (χ0) is 21.6. The van der Waals surface area contributed by atoms with Gasteiger partial charge in [-0.1, -0.05) is 67.6 Å². The molecule has 31 heavy (non-hydrogen) atoms. The smallest absolute Gasteiger partial charge is 0.303 e. The van der Waals surface area contributed by atoms with Crippen LogP contribution in [-0.4, -0.2) is 48.2 Å². The zero-order valence-electron chi connectivity index (χ0n) is 17.7. The van der Waals surface area contributed by atoms with Gasteiger partial charge in [-0.3, -0.25) is 4.79 Å². The fourth-order valence-corrected chi connectivity index (χ4v) is 4.85. The van der Waals surface area contributed by atoms with E-state index in [4.69, 9.17) is 23.7 Å². The molecule has 6 atom stereocenters. The zero-order valence-corrected chi connectivity index (χ0v) is 18.5. The number of fused-ring (bicyclic) bond motifs is 1. The first kappa shape index (κ1) is 22.3. The first-order valence-electron chi connectivity index (χ1n) is 10.6. The third-order valence-electron chi connectivity index (χ3n) is 5.27. The number of hydrogen-bond donors (Lipinski definition) is 0. The third-order valence-corrected chi connectivity index (χ3v) is 6.32. The number of benzene rings is 2. The van der Waals surface area contributed by atoms with E-state index in [1.807, 2.05) is 67.6 Å². The molecule has 7 heteroatoms. The van der Waals surface area contributed by atoms with Crippen molar-refractivity contribution in [3.63, 3.8) is 0 Å². The van der Waals surface area contributed by atoms with Crippen LogP contribution in [0.25, 0.3) is 0 Å². The van der Waals surface area contributed by atoms with Gasteiger partial charge >= 0.3 is 5.97 Å². The Morgan fingerprint density at radius 1 is 1.03 bits per heavy atom. The van der Waals surface area contributed by atoms with Crippen LogP contribution in [-0.2, 0) is 35.1 Å². The van der Waals surface area contributed by atoms with Crippen LogP contribution >= 0.6 is 11.8 Å². The van der Waals surface area contributed by atoms with E-state index in [0.29, 0.717) is 13.2 Å². The van der Waals surface area contributed by atoms with Gasteiger partial charge in [0.25, 0.3) is 0 Å². The molecule has 0 saturated carbocycles. The van der Waals surface area contributed by atoms with Crippen molar-refractivity contribution in [3.8, 4) is 0 Å². The Kier molecular flexibility index (Phi) is 7.63. The van der Waals surface area contributed by atoms with Crippen molar-refractivity contribution >= 4 is 17.7 Å². The Morgan fingerprint density at radius 3 is 2.42 bits per heavy atom. The quantitative estimate of drug-likeness (QED) is 0.596. The van der Waals surface area contributed by atoms with Gasteiger partial charge in [-0.05, 0) is 11.3 Å². The number of ether oxygens (including phenoxy) is 5. The predicted molar refractivity (Wildman–Crippen MR) is 117 cm³/mol. The van der Waals surface area contributed by atoms with Crippen molar-refractivity contribution in [2.24, 2.45) is 0 Å². The summed E-state index contributed by atoms with van der Waals surface area (Å²) in [5.74, 6) is 0.452. The molecule has 2 saturated heterocycles. The molecule has 0 N–H and O–H groups in total. The lowest BCUT2D eigenvalue weighted by Gasteiger charge is -2.48. The van der Waals surface area contributed by atoms with Crippen molar-refractivity contribution in [1.82, 2.24) is 0 Å². The molecule has 2 aliphatic rings. The third kappa shape index (κ3) is 5.48. The van der Waals surface area contributed by atoms with E-state index in [-0.39, 0.29) is 17.5 Å². The first-order valence-corrected chi connectivity index (χ1v) is 11.6. The van der Waals surface area contributed by atoms with E-state index in [2.05, 4.69) is 0 Å². The summed E-state index contributed by atoms with van der Waals surface area (Å²) in [5, 5.41) is 0. The minimum atomic E-state index is -0.582. The Hall–Kier alpha value is -1.90. The van der Waals surface area contributed by atoms with E-state index in [1.54, 1.807) is 11.8 Å². The van der Waals surface area contributed by atoms with Crippen molar-refractivity contribution in [2.45, 2.75) is 56.6 Å². The summed E-state index contributed by atoms with van der Waals surface area (Å²) >= 11 is 1.59. The van der Waals surface area contributed by atoms with Gasteiger partial charge in [0.15, 0.2) is 12.4 Å². The van der Waals surface area contributed by atoms with Gasteiger partial charge in [0.05, 0.1) is 13.2 Å². The lowest BCUT2D eigenvalue weighted by Crippen LogP contribution is -2.62. The summed E-state index contributed by atoms with van der Waals surface area (Å²) in [5.41, 5.74) is 1.62. The summed E-state index contributed by atoms with van der Waals surface area (Å²) in [6.07, 6.45) is -2.33. The standard InChI is InChI=1S/C24H28O6S/c1-3-31-24-22(28-16(2)25)21(26-14-17-10-6-4-7-11-17)20-19(29-24)15-27-23(30-20)18-12-8-5-9-13-18/h4-13,19-24H,3,14-15H2,1-2H3/t19?,20-,21-,22?,23?,24?/m1/s1. The predicted octanol–water partition coefficient (Wildman–Crippen LogP) is 4.10. The minimum absolute atomic E-state index is 0.309. The van der Waals surface area contributed by atoms with Crippen molar-refractivity contribution in [1.29, 1.82) is 0 Å². The van der Waals surface area contributed by atoms with Gasteiger partial charge in [0, 0.05) is 12.5 Å². The molecule has 2 aliphatic heterocycles. The van der Waals surface area contributed by atoms with E-state index in [0.717, 1.165) is 16.9 Å². The van der Waals surface area contributed by atoms with Gasteiger partial charge < -0.3 is 23.7 Å². The fourth-order valence-electron chi connectivity index (χ4n) is 3.90. The molecular weight excluding hydrogens is 416 g/mol. The maximum atomic E-state index is 11.9. The Balaban J connectivity index is 1.59. The number of carbonyl (C=O) groups is 1. The number of esters is 1. The van der Waals surface area contributed by atoms with Gasteiger partial charge in [-0.25, -0.2) is 0 Å². The van der Waals surface area contributed by atoms with Crippen LogP contribution < -0.4 is 0 Å². The van der Waals surface area contributed by atoms with Gasteiger partial charge in [-0.2, -0.15) is 0 Å². The summed E-state index contributed by atoms with van der Waals surface area (Å²) in [6.45, 7) is 4.22. The molecule has 2 fully saturated rings. The molecule has 0 spiro atoms. The van der Waals surface area contributed by atoms with E-state index >= 15 is 0 Å². The molecule has 2 aromatic rings. The van der Waals surface area contributed by atoms with Crippen LogP contribution in [0.15, 0.2) is 60.7 Å². The minimum Gasteiger partial charge on any atom is -0.456 e. The highest BCUT2D eigenvalue weighted by Crippen LogP contribution is 2.39. The molecule has 4 unspecified atom stereocenters. The second-order valence-electron chi connectivity index (χ2n) is 7.51. The molecule has 2 aromatic carbocycles. The van der Waals surface area contributed by atoms with Crippen LogP contribution in [0.5, 0.6) is 0 Å². The summed E-state index contributed by atoms with van der Waals surface area (Å²) in [4.78, 5) is 11.9. The number of hydrogen-bond acceptors (Lipinski definition) is 7. The topological polar surface area (TPSA) is 63.2 Å². The second-order valence-corrected chi connectivity index (χ2v) is 8.89. The van der Waals surface area contributed by atoms with Crippen molar-refractivity contribution in [2.75, 3.05) is 12.4 Å². The average Bonchev–Trinajstić information content (AvgIpc) is 2.79. The maximum absolute atomic E-state index is 11.9. The average molecular weight is 445 g/mol. The van der Waals surface area contributed by atoms with Crippen molar-refractivity contribution in [3.05, 3.63) is 71.8 Å². The van der Waals surface area contributed by atoms with Crippen LogP contribution in [0.4, 0.5) is 0 Å². The summed E-state index contributed by atoms with van der Waals surface area (Å²) < 4.78 is 30.7. The molecule has 6 nitrogen and oxygen atoms in total. The van der Waals surface area contributed by atoms with E-state index in [1.165, 1.54) is 6.92 Å². The highest BCUT2D eigenvalue weighted by atomic mass is 32.2. The number of rotatable bonds is 7. The Labute approximate surface area is 187 Å². The molecule has 0 bridgehead atoms. The van der Waals surface area contributed by atoms with Crippen LogP contribution in [0, 0.1) is 0 Å².